The van der Waals surface area contributed by atoms with Gasteiger partial charge in [0.1, 0.15) is 0 Å². The number of hydrogen-bond donors (Lipinski definition) is 1. The molecule has 1 aromatic heterocycles. The Kier molecular flexibility index (Phi) is 5.55. The molecule has 0 unspecified atom stereocenters. The van der Waals surface area contributed by atoms with Crippen molar-refractivity contribution in [2.45, 2.75) is 45.2 Å². The molecular formula is C15H28N4S. The fourth-order valence-electron chi connectivity index (χ4n) is 3.11. The monoisotopic (exact) mass is 296 g/mol. The minimum atomic E-state index is 0.167. The van der Waals surface area contributed by atoms with Gasteiger partial charge >= 0.3 is 0 Å². The van der Waals surface area contributed by atoms with E-state index in [-0.39, 0.29) is 5.54 Å². The summed E-state index contributed by atoms with van der Waals surface area (Å²) in [6, 6.07) is 0. The van der Waals surface area contributed by atoms with E-state index in [9.17, 15) is 0 Å². The van der Waals surface area contributed by atoms with E-state index in [0.717, 1.165) is 18.8 Å². The Bertz CT molecular complexity index is 410. The van der Waals surface area contributed by atoms with Crippen molar-refractivity contribution in [2.75, 3.05) is 33.2 Å². The van der Waals surface area contributed by atoms with Gasteiger partial charge in [0.2, 0.25) is 0 Å². The minimum Gasteiger partial charge on any atom is -0.329 e. The normalized spacial score (nSPS) is 19.6. The molecule has 20 heavy (non-hydrogen) atoms. The lowest BCUT2D eigenvalue weighted by atomic mass is 9.85. The van der Waals surface area contributed by atoms with Crippen molar-refractivity contribution in [2.24, 2.45) is 5.73 Å². The van der Waals surface area contributed by atoms with Crippen LogP contribution in [0.3, 0.4) is 0 Å². The predicted molar refractivity (Wildman–Crippen MR) is 86.1 cm³/mol. The van der Waals surface area contributed by atoms with Crippen molar-refractivity contribution in [1.82, 2.24) is 14.8 Å². The third kappa shape index (κ3) is 3.39. The van der Waals surface area contributed by atoms with Gasteiger partial charge in [-0.2, -0.15) is 0 Å². The van der Waals surface area contributed by atoms with Gasteiger partial charge in [-0.3, -0.25) is 4.90 Å². The number of likely N-dealkylation sites (N-methyl/N-ethyl adjacent to an activating group) is 1. The molecule has 5 heteroatoms. The molecule has 4 nitrogen and oxygen atoms in total. The SMILES string of the molecule is CCCN1CCC(CN)(N(C)Cc2scnc2C)CC1. The Morgan fingerprint density at radius 2 is 2.15 bits per heavy atom. The van der Waals surface area contributed by atoms with Crippen LogP contribution in [0.2, 0.25) is 0 Å². The van der Waals surface area contributed by atoms with Crippen molar-refractivity contribution < 1.29 is 0 Å². The van der Waals surface area contributed by atoms with Crippen LogP contribution in [-0.2, 0) is 6.54 Å². The Balaban J connectivity index is 1.99. The molecule has 0 aliphatic carbocycles. The van der Waals surface area contributed by atoms with Gasteiger partial charge in [-0.05, 0) is 52.9 Å². The van der Waals surface area contributed by atoms with Crippen molar-refractivity contribution in [1.29, 1.82) is 0 Å². The van der Waals surface area contributed by atoms with Crippen LogP contribution in [-0.4, -0.2) is 53.5 Å². The van der Waals surface area contributed by atoms with Gasteiger partial charge in [-0.15, -0.1) is 11.3 Å². The zero-order valence-corrected chi connectivity index (χ0v) is 13.9. The van der Waals surface area contributed by atoms with Crippen molar-refractivity contribution in [3.05, 3.63) is 16.1 Å². The maximum atomic E-state index is 6.15. The van der Waals surface area contributed by atoms with Crippen LogP contribution in [0.5, 0.6) is 0 Å². The van der Waals surface area contributed by atoms with E-state index in [2.05, 4.69) is 35.7 Å². The number of rotatable bonds is 6. The van der Waals surface area contributed by atoms with Crippen molar-refractivity contribution >= 4 is 11.3 Å². The average Bonchev–Trinajstić information content (AvgIpc) is 2.86. The van der Waals surface area contributed by atoms with Gasteiger partial charge in [-0.25, -0.2) is 4.98 Å². The highest BCUT2D eigenvalue weighted by molar-refractivity contribution is 7.09. The van der Waals surface area contributed by atoms with Gasteiger partial charge in [0, 0.05) is 23.5 Å². The van der Waals surface area contributed by atoms with Crippen LogP contribution >= 0.6 is 11.3 Å². The van der Waals surface area contributed by atoms with E-state index < -0.39 is 0 Å². The second kappa shape index (κ2) is 6.98. The Hall–Kier alpha value is -0.490. The van der Waals surface area contributed by atoms with Gasteiger partial charge in [0.25, 0.3) is 0 Å². The summed E-state index contributed by atoms with van der Waals surface area (Å²) >= 11 is 1.76. The number of likely N-dealkylation sites (tertiary alicyclic amines) is 1. The highest BCUT2D eigenvalue weighted by Gasteiger charge is 2.36. The Morgan fingerprint density at radius 1 is 1.45 bits per heavy atom. The predicted octanol–water partition coefficient (Wildman–Crippen LogP) is 2.09. The maximum Gasteiger partial charge on any atom is 0.0798 e. The highest BCUT2D eigenvalue weighted by atomic mass is 32.1. The van der Waals surface area contributed by atoms with E-state index in [0.29, 0.717) is 0 Å². The summed E-state index contributed by atoms with van der Waals surface area (Å²) in [5.74, 6) is 0. The lowest BCUT2D eigenvalue weighted by Gasteiger charge is -2.47. The first-order chi connectivity index (χ1) is 9.61. The van der Waals surface area contributed by atoms with Crippen LogP contribution in [0.1, 0.15) is 36.8 Å². The summed E-state index contributed by atoms with van der Waals surface area (Å²) in [7, 11) is 2.22. The molecule has 1 saturated heterocycles. The van der Waals surface area contributed by atoms with Crippen LogP contribution < -0.4 is 5.73 Å². The molecule has 0 atom stereocenters. The molecular weight excluding hydrogens is 268 g/mol. The topological polar surface area (TPSA) is 45.4 Å². The lowest BCUT2D eigenvalue weighted by Crippen LogP contribution is -2.57. The van der Waals surface area contributed by atoms with Gasteiger partial charge in [0.15, 0.2) is 0 Å². The summed E-state index contributed by atoms with van der Waals surface area (Å²) in [4.78, 5) is 10.8. The first-order valence-corrected chi connectivity index (χ1v) is 8.52. The summed E-state index contributed by atoms with van der Waals surface area (Å²) in [5, 5.41) is 0. The van der Waals surface area contributed by atoms with Crippen molar-refractivity contribution in [3.8, 4) is 0 Å². The number of aromatic nitrogens is 1. The molecule has 0 spiro atoms. The Labute approximate surface area is 127 Å². The molecule has 1 aromatic rings. The molecule has 0 saturated carbocycles. The Morgan fingerprint density at radius 3 is 2.65 bits per heavy atom. The number of nitrogens with two attached hydrogens (primary N) is 1. The van der Waals surface area contributed by atoms with Crippen LogP contribution in [0, 0.1) is 6.92 Å². The average molecular weight is 296 g/mol. The number of aryl methyl sites for hydroxylation is 1. The summed E-state index contributed by atoms with van der Waals surface area (Å²) in [6.45, 7) is 9.65. The third-order valence-corrected chi connectivity index (χ3v) is 5.66. The van der Waals surface area contributed by atoms with Gasteiger partial charge in [-0.1, -0.05) is 6.92 Å². The van der Waals surface area contributed by atoms with Gasteiger partial charge < -0.3 is 10.6 Å². The second-order valence-electron chi connectivity index (χ2n) is 5.99. The molecule has 1 fully saturated rings. The first-order valence-electron chi connectivity index (χ1n) is 7.64. The highest BCUT2D eigenvalue weighted by Crippen LogP contribution is 2.29. The number of thiazole rings is 1. The standard InChI is InChI=1S/C15H28N4S/c1-4-7-19-8-5-15(11-16,6-9-19)18(3)10-14-13(2)17-12-20-14/h12H,4-11,16H2,1-3H3. The van der Waals surface area contributed by atoms with E-state index in [1.54, 1.807) is 11.3 Å². The first kappa shape index (κ1) is 15.9. The fraction of sp³-hybridized carbons (Fsp3) is 0.800. The van der Waals surface area contributed by atoms with Crippen molar-refractivity contribution in [3.63, 3.8) is 0 Å². The molecule has 2 N–H and O–H groups in total. The van der Waals surface area contributed by atoms with Crippen LogP contribution in [0.15, 0.2) is 5.51 Å². The largest absolute Gasteiger partial charge is 0.329 e. The third-order valence-electron chi connectivity index (χ3n) is 4.74. The molecule has 0 radical (unpaired) electrons. The molecule has 0 amide bonds. The summed E-state index contributed by atoms with van der Waals surface area (Å²) in [6.07, 6.45) is 3.60. The zero-order valence-electron chi connectivity index (χ0n) is 13.1. The molecule has 2 rings (SSSR count). The van der Waals surface area contributed by atoms with Crippen LogP contribution in [0.25, 0.3) is 0 Å². The van der Waals surface area contributed by atoms with E-state index >= 15 is 0 Å². The molecule has 1 aliphatic rings. The number of hydrogen-bond acceptors (Lipinski definition) is 5. The number of piperidine rings is 1. The molecule has 114 valence electrons. The zero-order chi connectivity index (χ0) is 14.6. The van der Waals surface area contributed by atoms with E-state index in [1.807, 2.05) is 5.51 Å². The lowest BCUT2D eigenvalue weighted by molar-refractivity contribution is 0.0406. The molecule has 0 bridgehead atoms. The number of nitrogens with zero attached hydrogens (tertiary/aromatic N) is 3. The quantitative estimate of drug-likeness (QED) is 0.873. The molecule has 0 aromatic carbocycles. The fourth-order valence-corrected chi connectivity index (χ4v) is 3.94. The summed E-state index contributed by atoms with van der Waals surface area (Å²) < 4.78 is 0. The van der Waals surface area contributed by atoms with Gasteiger partial charge in [0.05, 0.1) is 11.2 Å². The smallest absolute Gasteiger partial charge is 0.0798 e. The molecule has 1 aliphatic heterocycles. The van der Waals surface area contributed by atoms with Crippen LogP contribution in [0.4, 0.5) is 0 Å². The van der Waals surface area contributed by atoms with E-state index in [1.165, 1.54) is 43.8 Å². The molecule has 2 heterocycles. The summed E-state index contributed by atoms with van der Waals surface area (Å²) in [5.41, 5.74) is 9.43. The van der Waals surface area contributed by atoms with E-state index in [4.69, 9.17) is 5.73 Å². The maximum absolute atomic E-state index is 6.15. The minimum absolute atomic E-state index is 0.167. The second-order valence-corrected chi connectivity index (χ2v) is 6.93.